The SMILES string of the molecule is CCc1cc(CN)cc(CC)c1-c1c([S+](C)[O-])c(C)nn(C)c1=O. The molecule has 24 heavy (non-hydrogen) atoms. The molecule has 0 fully saturated rings. The van der Waals surface area contributed by atoms with Crippen LogP contribution in [-0.4, -0.2) is 20.6 Å². The van der Waals surface area contributed by atoms with Gasteiger partial charge in [-0.3, -0.25) is 4.79 Å². The monoisotopic (exact) mass is 347 g/mol. The molecule has 0 saturated carbocycles. The van der Waals surface area contributed by atoms with Crippen molar-refractivity contribution in [3.8, 4) is 11.1 Å². The predicted molar refractivity (Wildman–Crippen MR) is 98.6 cm³/mol. The zero-order valence-corrected chi connectivity index (χ0v) is 15.8. The normalized spacial score (nSPS) is 12.5. The average Bonchev–Trinajstić information content (AvgIpc) is 2.56. The molecule has 2 aromatic rings. The summed E-state index contributed by atoms with van der Waals surface area (Å²) >= 11 is -1.30. The summed E-state index contributed by atoms with van der Waals surface area (Å²) in [7, 11) is 1.63. The van der Waals surface area contributed by atoms with E-state index in [1.807, 2.05) is 12.1 Å². The molecule has 0 aliphatic carbocycles. The van der Waals surface area contributed by atoms with E-state index >= 15 is 0 Å². The molecule has 1 aromatic carbocycles. The van der Waals surface area contributed by atoms with Crippen molar-refractivity contribution in [1.82, 2.24) is 9.78 Å². The number of aryl methyl sites for hydroxylation is 4. The third-order valence-electron chi connectivity index (χ3n) is 4.26. The highest BCUT2D eigenvalue weighted by atomic mass is 32.2. The van der Waals surface area contributed by atoms with Gasteiger partial charge in [-0.2, -0.15) is 5.10 Å². The highest BCUT2D eigenvalue weighted by Crippen LogP contribution is 2.33. The molecule has 1 atom stereocenters. The molecule has 0 bridgehead atoms. The molecule has 2 rings (SSSR count). The van der Waals surface area contributed by atoms with Crippen molar-refractivity contribution < 1.29 is 4.55 Å². The first-order valence-corrected chi connectivity index (χ1v) is 9.67. The Morgan fingerprint density at radius 3 is 2.17 bits per heavy atom. The molecular formula is C18H25N3O2S. The number of rotatable bonds is 5. The molecule has 1 heterocycles. The summed E-state index contributed by atoms with van der Waals surface area (Å²) in [5, 5.41) is 4.22. The van der Waals surface area contributed by atoms with Crippen LogP contribution in [0.3, 0.4) is 0 Å². The van der Waals surface area contributed by atoms with Crippen molar-refractivity contribution in [2.75, 3.05) is 6.26 Å². The molecule has 1 aromatic heterocycles. The number of aromatic nitrogens is 2. The third kappa shape index (κ3) is 3.27. The lowest BCUT2D eigenvalue weighted by atomic mass is 9.90. The Bertz CT molecular complexity index is 788. The van der Waals surface area contributed by atoms with Crippen LogP contribution in [0.15, 0.2) is 21.8 Å². The van der Waals surface area contributed by atoms with Crippen LogP contribution in [0.1, 0.15) is 36.2 Å². The minimum atomic E-state index is -1.30. The van der Waals surface area contributed by atoms with Gasteiger partial charge in [-0.15, -0.1) is 0 Å². The van der Waals surface area contributed by atoms with Gasteiger partial charge in [-0.25, -0.2) is 4.68 Å². The zero-order valence-electron chi connectivity index (χ0n) is 15.0. The fourth-order valence-electron chi connectivity index (χ4n) is 3.16. The van der Waals surface area contributed by atoms with Crippen LogP contribution in [0.25, 0.3) is 11.1 Å². The van der Waals surface area contributed by atoms with Crippen LogP contribution in [-0.2, 0) is 37.6 Å². The Hall–Kier alpha value is -1.63. The van der Waals surface area contributed by atoms with Crippen LogP contribution >= 0.6 is 0 Å². The molecule has 5 nitrogen and oxygen atoms in total. The predicted octanol–water partition coefficient (Wildman–Crippen LogP) is 2.08. The molecule has 6 heteroatoms. The van der Waals surface area contributed by atoms with E-state index in [0.29, 0.717) is 22.7 Å². The largest absolute Gasteiger partial charge is 0.612 e. The van der Waals surface area contributed by atoms with Crippen molar-refractivity contribution in [3.05, 3.63) is 44.9 Å². The number of hydrogen-bond acceptors (Lipinski definition) is 4. The Kier molecular flexibility index (Phi) is 5.85. The van der Waals surface area contributed by atoms with Crippen molar-refractivity contribution >= 4 is 11.2 Å². The molecular weight excluding hydrogens is 322 g/mol. The number of nitrogens with zero attached hydrogens (tertiary/aromatic N) is 2. The van der Waals surface area contributed by atoms with Gasteiger partial charge >= 0.3 is 0 Å². The number of benzene rings is 1. The second-order valence-electron chi connectivity index (χ2n) is 5.87. The van der Waals surface area contributed by atoms with E-state index in [9.17, 15) is 9.35 Å². The van der Waals surface area contributed by atoms with Gasteiger partial charge in [-0.05, 0) is 53.2 Å². The van der Waals surface area contributed by atoms with Gasteiger partial charge in [0.1, 0.15) is 17.5 Å². The number of nitrogens with two attached hydrogens (primary N) is 1. The van der Waals surface area contributed by atoms with Gasteiger partial charge in [0, 0.05) is 13.6 Å². The van der Waals surface area contributed by atoms with Crippen LogP contribution in [0.2, 0.25) is 0 Å². The van der Waals surface area contributed by atoms with Gasteiger partial charge in [-0.1, -0.05) is 26.0 Å². The average molecular weight is 347 g/mol. The van der Waals surface area contributed by atoms with E-state index in [1.54, 1.807) is 20.2 Å². The molecule has 0 aliphatic heterocycles. The van der Waals surface area contributed by atoms with Gasteiger partial charge in [0.15, 0.2) is 4.90 Å². The Labute approximate surface area is 146 Å². The van der Waals surface area contributed by atoms with Crippen molar-refractivity contribution in [2.45, 2.75) is 45.1 Å². The lowest BCUT2D eigenvalue weighted by Crippen LogP contribution is -2.26. The minimum Gasteiger partial charge on any atom is -0.612 e. The topological polar surface area (TPSA) is 84.0 Å². The van der Waals surface area contributed by atoms with Crippen LogP contribution in [0, 0.1) is 6.92 Å². The van der Waals surface area contributed by atoms with Crippen LogP contribution < -0.4 is 11.3 Å². The maximum atomic E-state index is 12.9. The Balaban J connectivity index is 2.98. The molecule has 0 spiro atoms. The van der Waals surface area contributed by atoms with Crippen molar-refractivity contribution in [3.63, 3.8) is 0 Å². The highest BCUT2D eigenvalue weighted by molar-refractivity contribution is 7.90. The first-order valence-electron chi connectivity index (χ1n) is 8.12. The highest BCUT2D eigenvalue weighted by Gasteiger charge is 2.26. The Morgan fingerprint density at radius 1 is 1.21 bits per heavy atom. The van der Waals surface area contributed by atoms with Crippen LogP contribution in [0.4, 0.5) is 0 Å². The van der Waals surface area contributed by atoms with E-state index in [0.717, 1.165) is 35.1 Å². The summed E-state index contributed by atoms with van der Waals surface area (Å²) in [6.45, 7) is 6.37. The quantitative estimate of drug-likeness (QED) is 0.839. The molecule has 0 radical (unpaired) electrons. The lowest BCUT2D eigenvalue weighted by Gasteiger charge is -2.19. The second-order valence-corrected chi connectivity index (χ2v) is 7.19. The summed E-state index contributed by atoms with van der Waals surface area (Å²) in [4.78, 5) is 13.4. The van der Waals surface area contributed by atoms with Crippen LogP contribution in [0.5, 0.6) is 0 Å². The van der Waals surface area contributed by atoms with E-state index in [2.05, 4.69) is 18.9 Å². The van der Waals surface area contributed by atoms with E-state index < -0.39 is 11.2 Å². The first kappa shape index (κ1) is 18.7. The Morgan fingerprint density at radius 2 is 1.75 bits per heavy atom. The summed E-state index contributed by atoms with van der Waals surface area (Å²) in [5.74, 6) is 0. The molecule has 2 N–H and O–H groups in total. The molecule has 0 aliphatic rings. The third-order valence-corrected chi connectivity index (χ3v) is 5.33. The van der Waals surface area contributed by atoms with E-state index in [4.69, 9.17) is 5.73 Å². The molecule has 1 unspecified atom stereocenters. The molecule has 0 amide bonds. The first-order chi connectivity index (χ1) is 11.3. The zero-order chi connectivity index (χ0) is 18.0. The molecule has 130 valence electrons. The second kappa shape index (κ2) is 7.51. The smallest absolute Gasteiger partial charge is 0.279 e. The number of hydrogen-bond donors (Lipinski definition) is 1. The fourth-order valence-corrected chi connectivity index (χ4v) is 4.10. The van der Waals surface area contributed by atoms with E-state index in [1.165, 1.54) is 4.68 Å². The maximum Gasteiger partial charge on any atom is 0.279 e. The summed E-state index contributed by atoms with van der Waals surface area (Å²) in [6.07, 6.45) is 3.14. The fraction of sp³-hybridized carbons (Fsp3) is 0.444. The van der Waals surface area contributed by atoms with Crippen molar-refractivity contribution in [2.24, 2.45) is 12.8 Å². The minimum absolute atomic E-state index is 0.212. The summed E-state index contributed by atoms with van der Waals surface area (Å²) in [5.41, 5.74) is 10.8. The van der Waals surface area contributed by atoms with Crippen molar-refractivity contribution in [1.29, 1.82) is 0 Å². The summed E-state index contributed by atoms with van der Waals surface area (Å²) in [6, 6.07) is 4.10. The van der Waals surface area contributed by atoms with Gasteiger partial charge in [0.25, 0.3) is 5.56 Å². The van der Waals surface area contributed by atoms with Gasteiger partial charge in [0.05, 0.1) is 0 Å². The standard InChI is InChI=1S/C18H25N3O2S/c1-6-13-8-12(10-19)9-14(7-2)15(13)16-17(24(5)23)11(3)20-21(4)18(16)22/h8-9H,6-7,10,19H2,1-5H3. The lowest BCUT2D eigenvalue weighted by molar-refractivity contribution is 0.595. The summed E-state index contributed by atoms with van der Waals surface area (Å²) < 4.78 is 13.7. The van der Waals surface area contributed by atoms with Gasteiger partial charge < -0.3 is 10.3 Å². The van der Waals surface area contributed by atoms with E-state index in [-0.39, 0.29) is 5.56 Å². The molecule has 0 saturated heterocycles. The maximum absolute atomic E-state index is 12.9. The van der Waals surface area contributed by atoms with Gasteiger partial charge in [0.2, 0.25) is 0 Å².